The molecular weight excluding hydrogens is 412 g/mol. The van der Waals surface area contributed by atoms with Crippen molar-refractivity contribution < 1.29 is 14.3 Å². The smallest absolute Gasteiger partial charge is 0.264 e. The van der Waals surface area contributed by atoms with Gasteiger partial charge in [0.05, 0.1) is 30.8 Å². The number of nitrogens with zero attached hydrogens (tertiary/aromatic N) is 3. The number of hydrogen-bond donors (Lipinski definition) is 1. The monoisotopic (exact) mass is 434 g/mol. The lowest BCUT2D eigenvalue weighted by atomic mass is 10.2. The highest BCUT2D eigenvalue weighted by Crippen LogP contribution is 2.27. The summed E-state index contributed by atoms with van der Waals surface area (Å²) in [6.07, 6.45) is 1.72. The van der Waals surface area contributed by atoms with Crippen LogP contribution in [0.25, 0.3) is 5.65 Å². The van der Waals surface area contributed by atoms with E-state index in [-0.39, 0.29) is 12.0 Å². The van der Waals surface area contributed by atoms with Crippen LogP contribution in [0.15, 0.2) is 66.2 Å². The van der Waals surface area contributed by atoms with Crippen LogP contribution in [0.3, 0.4) is 0 Å². The summed E-state index contributed by atoms with van der Waals surface area (Å²) in [6.45, 7) is 1.57. The SMILES string of the molecule is COc1ccc(Nc2cccc3nc(C4CN(C(=O)c5cccs5)CCO4)cn23)cc1. The van der Waals surface area contributed by atoms with Crippen LogP contribution in [0.1, 0.15) is 21.5 Å². The molecule has 1 N–H and O–H groups in total. The number of carbonyl (C=O) groups is 1. The van der Waals surface area contributed by atoms with E-state index in [1.54, 1.807) is 7.11 Å². The van der Waals surface area contributed by atoms with Gasteiger partial charge in [-0.1, -0.05) is 12.1 Å². The molecule has 0 spiro atoms. The predicted octanol–water partition coefficient (Wildman–Crippen LogP) is 4.36. The molecule has 158 valence electrons. The zero-order valence-electron chi connectivity index (χ0n) is 17.0. The minimum atomic E-state index is -0.258. The van der Waals surface area contributed by atoms with Crippen LogP contribution in [0.4, 0.5) is 11.5 Å². The largest absolute Gasteiger partial charge is 0.497 e. The normalized spacial score (nSPS) is 16.4. The van der Waals surface area contributed by atoms with Crippen molar-refractivity contribution in [2.45, 2.75) is 6.10 Å². The first kappa shape index (κ1) is 19.6. The number of methoxy groups -OCH3 is 1. The Kier molecular flexibility index (Phi) is 5.31. The minimum absolute atomic E-state index is 0.0499. The van der Waals surface area contributed by atoms with Gasteiger partial charge in [-0.2, -0.15) is 0 Å². The first-order valence-corrected chi connectivity index (χ1v) is 10.9. The molecule has 3 aromatic heterocycles. The molecule has 1 fully saturated rings. The number of hydrogen-bond acceptors (Lipinski definition) is 6. The average Bonchev–Trinajstić information content (AvgIpc) is 3.50. The Balaban J connectivity index is 1.38. The quantitative estimate of drug-likeness (QED) is 0.505. The van der Waals surface area contributed by atoms with Gasteiger partial charge in [0, 0.05) is 18.4 Å². The van der Waals surface area contributed by atoms with Crippen molar-refractivity contribution in [3.63, 3.8) is 0 Å². The van der Waals surface area contributed by atoms with E-state index in [2.05, 4.69) is 5.32 Å². The number of imidazole rings is 1. The second-order valence-corrected chi connectivity index (χ2v) is 8.19. The lowest BCUT2D eigenvalue weighted by Gasteiger charge is -2.31. The summed E-state index contributed by atoms with van der Waals surface area (Å²) in [5.74, 6) is 1.75. The number of aromatic nitrogens is 2. The molecule has 1 aliphatic heterocycles. The number of carbonyl (C=O) groups excluding carboxylic acids is 1. The molecule has 1 unspecified atom stereocenters. The third-order valence-electron chi connectivity index (χ3n) is 5.29. The van der Waals surface area contributed by atoms with Crippen molar-refractivity contribution in [1.82, 2.24) is 14.3 Å². The highest BCUT2D eigenvalue weighted by Gasteiger charge is 2.28. The van der Waals surface area contributed by atoms with E-state index in [1.807, 2.05) is 75.5 Å². The van der Waals surface area contributed by atoms with Crippen LogP contribution < -0.4 is 10.1 Å². The van der Waals surface area contributed by atoms with E-state index < -0.39 is 0 Å². The van der Waals surface area contributed by atoms with E-state index in [4.69, 9.17) is 14.5 Å². The van der Waals surface area contributed by atoms with Crippen LogP contribution in [-0.4, -0.2) is 47.0 Å². The second kappa shape index (κ2) is 8.41. The number of amides is 1. The van der Waals surface area contributed by atoms with Gasteiger partial charge in [-0.05, 0) is 47.8 Å². The van der Waals surface area contributed by atoms with Crippen LogP contribution in [-0.2, 0) is 4.74 Å². The maximum absolute atomic E-state index is 12.7. The third-order valence-corrected chi connectivity index (χ3v) is 6.15. The Hall–Kier alpha value is -3.36. The van der Waals surface area contributed by atoms with Crippen molar-refractivity contribution in [2.75, 3.05) is 32.1 Å². The van der Waals surface area contributed by atoms with Gasteiger partial charge in [-0.15, -0.1) is 11.3 Å². The second-order valence-electron chi connectivity index (χ2n) is 7.25. The molecule has 8 heteroatoms. The number of benzene rings is 1. The maximum Gasteiger partial charge on any atom is 0.264 e. The van der Waals surface area contributed by atoms with E-state index in [0.717, 1.165) is 33.5 Å². The molecule has 4 aromatic rings. The molecule has 5 rings (SSSR count). The van der Waals surface area contributed by atoms with Gasteiger partial charge >= 0.3 is 0 Å². The Bertz CT molecular complexity index is 1190. The molecule has 0 radical (unpaired) electrons. The Labute approximate surface area is 183 Å². The molecule has 0 bridgehead atoms. The zero-order valence-corrected chi connectivity index (χ0v) is 17.8. The van der Waals surface area contributed by atoms with E-state index >= 15 is 0 Å². The van der Waals surface area contributed by atoms with Crippen LogP contribution in [0, 0.1) is 0 Å². The lowest BCUT2D eigenvalue weighted by molar-refractivity contribution is -0.0243. The third kappa shape index (κ3) is 3.99. The van der Waals surface area contributed by atoms with E-state index in [1.165, 1.54) is 11.3 Å². The van der Waals surface area contributed by atoms with Crippen molar-refractivity contribution in [1.29, 1.82) is 0 Å². The topological polar surface area (TPSA) is 68.1 Å². The summed E-state index contributed by atoms with van der Waals surface area (Å²) < 4.78 is 13.2. The summed E-state index contributed by atoms with van der Waals surface area (Å²) in [5, 5.41) is 5.34. The van der Waals surface area contributed by atoms with Gasteiger partial charge in [0.2, 0.25) is 0 Å². The molecule has 0 saturated carbocycles. The summed E-state index contributed by atoms with van der Waals surface area (Å²) in [6, 6.07) is 17.4. The number of nitrogens with one attached hydrogen (secondary N) is 1. The predicted molar refractivity (Wildman–Crippen MR) is 120 cm³/mol. The number of thiophene rings is 1. The first-order valence-electron chi connectivity index (χ1n) is 10.0. The number of ether oxygens (including phenoxy) is 2. The molecule has 7 nitrogen and oxygen atoms in total. The fourth-order valence-corrected chi connectivity index (χ4v) is 4.37. The number of fused-ring (bicyclic) bond motifs is 1. The number of anilines is 2. The maximum atomic E-state index is 12.7. The molecule has 1 atom stereocenters. The van der Waals surface area contributed by atoms with Gasteiger partial charge in [-0.25, -0.2) is 4.98 Å². The number of rotatable bonds is 5. The molecule has 0 aliphatic carbocycles. The Morgan fingerprint density at radius 1 is 1.19 bits per heavy atom. The fourth-order valence-electron chi connectivity index (χ4n) is 3.68. The van der Waals surface area contributed by atoms with E-state index in [0.29, 0.717) is 19.7 Å². The molecule has 4 heterocycles. The summed E-state index contributed by atoms with van der Waals surface area (Å²) in [4.78, 5) is 20.1. The molecule has 1 aliphatic rings. The summed E-state index contributed by atoms with van der Waals surface area (Å²) >= 11 is 1.46. The van der Waals surface area contributed by atoms with Crippen molar-refractivity contribution in [3.8, 4) is 5.75 Å². The van der Waals surface area contributed by atoms with Gasteiger partial charge in [0.15, 0.2) is 0 Å². The minimum Gasteiger partial charge on any atom is -0.497 e. The Morgan fingerprint density at radius 3 is 2.84 bits per heavy atom. The number of morpholine rings is 1. The van der Waals surface area contributed by atoms with Crippen LogP contribution >= 0.6 is 11.3 Å². The van der Waals surface area contributed by atoms with Crippen LogP contribution in [0.2, 0.25) is 0 Å². The van der Waals surface area contributed by atoms with Crippen molar-refractivity contribution >= 4 is 34.4 Å². The summed E-state index contributed by atoms with van der Waals surface area (Å²) in [7, 11) is 1.65. The molecule has 1 saturated heterocycles. The van der Waals surface area contributed by atoms with E-state index in [9.17, 15) is 4.79 Å². The Morgan fingerprint density at radius 2 is 2.06 bits per heavy atom. The summed E-state index contributed by atoms with van der Waals surface area (Å²) in [5.41, 5.74) is 2.58. The molecule has 1 amide bonds. The van der Waals surface area contributed by atoms with Gasteiger partial charge in [-0.3, -0.25) is 9.20 Å². The van der Waals surface area contributed by atoms with Gasteiger partial charge in [0.25, 0.3) is 5.91 Å². The van der Waals surface area contributed by atoms with Crippen LogP contribution in [0.5, 0.6) is 5.75 Å². The zero-order chi connectivity index (χ0) is 21.2. The lowest BCUT2D eigenvalue weighted by Crippen LogP contribution is -2.42. The first-order chi connectivity index (χ1) is 15.2. The van der Waals surface area contributed by atoms with Crippen molar-refractivity contribution in [2.24, 2.45) is 0 Å². The molecule has 1 aromatic carbocycles. The van der Waals surface area contributed by atoms with Crippen molar-refractivity contribution in [3.05, 3.63) is 76.7 Å². The number of pyridine rings is 1. The highest BCUT2D eigenvalue weighted by molar-refractivity contribution is 7.12. The van der Waals surface area contributed by atoms with Gasteiger partial charge in [0.1, 0.15) is 23.3 Å². The fraction of sp³-hybridized carbons (Fsp3) is 0.217. The molecule has 31 heavy (non-hydrogen) atoms. The standard InChI is InChI=1S/C23H22N4O3S/c1-29-17-9-7-16(8-10-17)24-21-5-2-6-22-25-18(14-27(21)22)19-15-26(11-12-30-19)23(28)20-4-3-13-31-20/h2-10,13-14,19,24H,11-12,15H2,1H3. The molecular formula is C23H22N4O3S. The van der Waals surface area contributed by atoms with Gasteiger partial charge < -0.3 is 19.7 Å². The highest BCUT2D eigenvalue weighted by atomic mass is 32.1. The average molecular weight is 435 g/mol.